The number of aryl methyl sites for hydroxylation is 1. The highest BCUT2D eigenvalue weighted by molar-refractivity contribution is 14.0. The smallest absolute Gasteiger partial charge is 0.191 e. The zero-order chi connectivity index (χ0) is 17.0. The predicted molar refractivity (Wildman–Crippen MR) is 120 cm³/mol. The van der Waals surface area contributed by atoms with E-state index in [2.05, 4.69) is 61.1 Å². The molecule has 2 N–H and O–H groups in total. The van der Waals surface area contributed by atoms with Crippen LogP contribution < -0.4 is 10.6 Å². The molecule has 0 radical (unpaired) electrons. The Kier molecular flexibility index (Phi) is 11.9. The molecule has 0 aliphatic rings. The average Bonchev–Trinajstić information content (AvgIpc) is 3.26. The molecule has 2 aromatic heterocycles. The summed E-state index contributed by atoms with van der Waals surface area (Å²) in [7, 11) is 0. The Morgan fingerprint density at radius 2 is 2.20 bits per heavy atom. The summed E-state index contributed by atoms with van der Waals surface area (Å²) in [4.78, 5) is 6.02. The van der Waals surface area contributed by atoms with Crippen molar-refractivity contribution in [2.45, 2.75) is 26.3 Å². The summed E-state index contributed by atoms with van der Waals surface area (Å²) in [5.74, 6) is 2.93. The molecule has 0 aliphatic carbocycles. The summed E-state index contributed by atoms with van der Waals surface area (Å²) in [5, 5.41) is 17.0. The van der Waals surface area contributed by atoms with Gasteiger partial charge in [-0.3, -0.25) is 4.99 Å². The number of halogens is 1. The second-order valence-electron chi connectivity index (χ2n) is 5.20. The van der Waals surface area contributed by atoms with Crippen LogP contribution in [-0.4, -0.2) is 52.4 Å². The second kappa shape index (κ2) is 13.4. The lowest BCUT2D eigenvalue weighted by Crippen LogP contribution is -2.40. The molecular formula is C16H27IN6S2. The van der Waals surface area contributed by atoms with Crippen LogP contribution in [0.2, 0.25) is 0 Å². The maximum atomic E-state index is 4.63. The summed E-state index contributed by atoms with van der Waals surface area (Å²) in [6.07, 6.45) is 5.81. The number of aliphatic imine (C=N–C) groups is 1. The van der Waals surface area contributed by atoms with E-state index in [4.69, 9.17) is 0 Å². The van der Waals surface area contributed by atoms with Crippen molar-refractivity contribution in [3.63, 3.8) is 0 Å². The van der Waals surface area contributed by atoms with Gasteiger partial charge >= 0.3 is 0 Å². The van der Waals surface area contributed by atoms with E-state index in [0.29, 0.717) is 0 Å². The molecule has 0 amide bonds. The Labute approximate surface area is 175 Å². The van der Waals surface area contributed by atoms with E-state index >= 15 is 0 Å². The fourth-order valence-electron chi connectivity index (χ4n) is 2.22. The minimum Gasteiger partial charge on any atom is -0.356 e. The SMILES string of the molecule is CCc1nncn1CCNC(=NCCSC)NCCc1cccs1.I. The van der Waals surface area contributed by atoms with Crippen molar-refractivity contribution in [3.05, 3.63) is 34.5 Å². The number of nitrogens with one attached hydrogen (secondary N) is 2. The summed E-state index contributed by atoms with van der Waals surface area (Å²) < 4.78 is 2.08. The molecule has 0 atom stereocenters. The molecule has 2 aromatic rings. The van der Waals surface area contributed by atoms with Gasteiger partial charge in [-0.15, -0.1) is 45.5 Å². The van der Waals surface area contributed by atoms with Crippen LogP contribution in [0.15, 0.2) is 28.8 Å². The van der Waals surface area contributed by atoms with Gasteiger partial charge < -0.3 is 15.2 Å². The Bertz CT molecular complexity index is 600. The fourth-order valence-corrected chi connectivity index (χ4v) is 3.20. The average molecular weight is 494 g/mol. The number of aromatic nitrogens is 3. The van der Waals surface area contributed by atoms with Gasteiger partial charge in [-0.2, -0.15) is 11.8 Å². The summed E-state index contributed by atoms with van der Waals surface area (Å²) in [5.41, 5.74) is 0. The van der Waals surface area contributed by atoms with Crippen LogP contribution in [0.4, 0.5) is 0 Å². The lowest BCUT2D eigenvalue weighted by atomic mass is 10.3. The highest BCUT2D eigenvalue weighted by atomic mass is 127. The van der Waals surface area contributed by atoms with E-state index < -0.39 is 0 Å². The molecule has 0 saturated heterocycles. The molecule has 25 heavy (non-hydrogen) atoms. The largest absolute Gasteiger partial charge is 0.356 e. The van der Waals surface area contributed by atoms with Gasteiger partial charge in [0.1, 0.15) is 12.2 Å². The summed E-state index contributed by atoms with van der Waals surface area (Å²) in [6, 6.07) is 4.26. The summed E-state index contributed by atoms with van der Waals surface area (Å²) >= 11 is 3.61. The first-order chi connectivity index (χ1) is 11.8. The van der Waals surface area contributed by atoms with E-state index in [1.54, 1.807) is 17.7 Å². The number of hydrogen-bond donors (Lipinski definition) is 2. The molecule has 140 valence electrons. The number of guanidine groups is 1. The van der Waals surface area contributed by atoms with Gasteiger partial charge in [0.25, 0.3) is 0 Å². The van der Waals surface area contributed by atoms with Crippen molar-refractivity contribution >= 4 is 53.0 Å². The van der Waals surface area contributed by atoms with Crippen molar-refractivity contribution in [2.24, 2.45) is 4.99 Å². The van der Waals surface area contributed by atoms with Gasteiger partial charge in [-0.05, 0) is 24.1 Å². The van der Waals surface area contributed by atoms with Crippen LogP contribution >= 0.6 is 47.1 Å². The molecule has 0 aromatic carbocycles. The number of nitrogens with zero attached hydrogens (tertiary/aromatic N) is 4. The van der Waals surface area contributed by atoms with Gasteiger partial charge in [0, 0.05) is 36.7 Å². The Morgan fingerprint density at radius 3 is 2.92 bits per heavy atom. The molecule has 6 nitrogen and oxygen atoms in total. The standard InChI is InChI=1S/C16H26N6S2.HI/c1-3-15-21-20-13-22(15)10-8-18-16(19-9-12-23-2)17-7-6-14-5-4-11-24-14;/h4-5,11,13H,3,6-10,12H2,1-2H3,(H2,17,18,19);1H. The lowest BCUT2D eigenvalue weighted by molar-refractivity contribution is 0.632. The predicted octanol–water partition coefficient (Wildman–Crippen LogP) is 2.66. The molecule has 2 rings (SSSR count). The van der Waals surface area contributed by atoms with Crippen LogP contribution in [0.5, 0.6) is 0 Å². The van der Waals surface area contributed by atoms with Crippen molar-refractivity contribution in [3.8, 4) is 0 Å². The third kappa shape index (κ3) is 8.41. The monoisotopic (exact) mass is 494 g/mol. The third-order valence-electron chi connectivity index (χ3n) is 3.47. The fraction of sp³-hybridized carbons (Fsp3) is 0.562. The molecule has 2 heterocycles. The van der Waals surface area contributed by atoms with Crippen molar-refractivity contribution < 1.29 is 0 Å². The highest BCUT2D eigenvalue weighted by Crippen LogP contribution is 2.07. The van der Waals surface area contributed by atoms with Crippen LogP contribution in [0, 0.1) is 0 Å². The molecule has 0 spiro atoms. The zero-order valence-corrected chi connectivity index (χ0v) is 18.7. The van der Waals surface area contributed by atoms with Crippen molar-refractivity contribution in [1.82, 2.24) is 25.4 Å². The number of hydrogen-bond acceptors (Lipinski definition) is 5. The minimum atomic E-state index is 0. The van der Waals surface area contributed by atoms with Crippen molar-refractivity contribution in [2.75, 3.05) is 31.6 Å². The van der Waals surface area contributed by atoms with Crippen LogP contribution in [-0.2, 0) is 19.4 Å². The highest BCUT2D eigenvalue weighted by Gasteiger charge is 2.03. The maximum Gasteiger partial charge on any atom is 0.191 e. The molecular weight excluding hydrogens is 467 g/mol. The lowest BCUT2D eigenvalue weighted by Gasteiger charge is -2.13. The van der Waals surface area contributed by atoms with E-state index in [1.165, 1.54) is 4.88 Å². The topological polar surface area (TPSA) is 67.1 Å². The number of rotatable bonds is 10. The van der Waals surface area contributed by atoms with Gasteiger partial charge in [0.15, 0.2) is 5.96 Å². The van der Waals surface area contributed by atoms with Crippen LogP contribution in [0.1, 0.15) is 17.6 Å². The number of thiophene rings is 1. The number of thioether (sulfide) groups is 1. The van der Waals surface area contributed by atoms with E-state index in [-0.39, 0.29) is 24.0 Å². The van der Waals surface area contributed by atoms with Gasteiger partial charge in [-0.1, -0.05) is 13.0 Å². The molecule has 9 heteroatoms. The van der Waals surface area contributed by atoms with Crippen LogP contribution in [0.25, 0.3) is 0 Å². The molecule has 0 bridgehead atoms. The zero-order valence-electron chi connectivity index (χ0n) is 14.8. The molecule has 0 unspecified atom stereocenters. The van der Waals surface area contributed by atoms with Crippen molar-refractivity contribution in [1.29, 1.82) is 0 Å². The summed E-state index contributed by atoms with van der Waals surface area (Å²) in [6.45, 7) is 5.44. The van der Waals surface area contributed by atoms with E-state index in [0.717, 1.165) is 56.6 Å². The second-order valence-corrected chi connectivity index (χ2v) is 7.22. The quantitative estimate of drug-likeness (QED) is 0.230. The van der Waals surface area contributed by atoms with E-state index in [1.807, 2.05) is 11.8 Å². The maximum absolute atomic E-state index is 4.63. The first-order valence-corrected chi connectivity index (χ1v) is 10.5. The van der Waals surface area contributed by atoms with Gasteiger partial charge in [0.05, 0.1) is 6.54 Å². The Morgan fingerprint density at radius 1 is 1.36 bits per heavy atom. The van der Waals surface area contributed by atoms with Crippen LogP contribution in [0.3, 0.4) is 0 Å². The third-order valence-corrected chi connectivity index (χ3v) is 4.99. The van der Waals surface area contributed by atoms with Gasteiger partial charge in [-0.25, -0.2) is 0 Å². The Balaban J connectivity index is 0.00000312. The molecule has 0 saturated carbocycles. The molecule has 0 fully saturated rings. The van der Waals surface area contributed by atoms with E-state index in [9.17, 15) is 0 Å². The minimum absolute atomic E-state index is 0. The first kappa shape index (κ1) is 22.2. The molecule has 0 aliphatic heterocycles. The normalized spacial score (nSPS) is 11.2. The van der Waals surface area contributed by atoms with Gasteiger partial charge in [0.2, 0.25) is 0 Å². The first-order valence-electron chi connectivity index (χ1n) is 8.23. The Hall–Kier alpha value is -0.810.